The molecule has 22 heavy (non-hydrogen) atoms. The van der Waals surface area contributed by atoms with E-state index in [0.717, 1.165) is 13.1 Å². The number of hydrogen-bond acceptors (Lipinski definition) is 2. The van der Waals surface area contributed by atoms with Crippen LogP contribution in [0.1, 0.15) is 90.9 Å². The third kappa shape index (κ3) is 19.4. The molecule has 2 nitrogen and oxygen atoms in total. The smallest absolute Gasteiger partial charge is 0.0103 e. The minimum Gasteiger partial charge on any atom is -0.258 e. The number of rotatable bonds is 17. The van der Waals surface area contributed by atoms with Crippen molar-refractivity contribution in [1.29, 1.82) is 0 Å². The molecule has 2 N–H and O–H groups in total. The molecule has 0 aromatic rings. The fourth-order valence-corrected chi connectivity index (χ4v) is 2.29. The van der Waals surface area contributed by atoms with Crippen molar-refractivity contribution in [3.63, 3.8) is 0 Å². The highest BCUT2D eigenvalue weighted by molar-refractivity contribution is 4.82. The molecule has 0 bridgehead atoms. The van der Waals surface area contributed by atoms with E-state index in [4.69, 9.17) is 0 Å². The van der Waals surface area contributed by atoms with Crippen LogP contribution in [-0.4, -0.2) is 13.1 Å². The number of unbranched alkanes of at least 4 members (excludes halogenated alkanes) is 8. The van der Waals surface area contributed by atoms with Crippen molar-refractivity contribution in [3.8, 4) is 0 Å². The molecule has 0 aromatic carbocycles. The summed E-state index contributed by atoms with van der Waals surface area (Å²) in [6.07, 6.45) is 24.7. The normalized spacial score (nSPS) is 11.9. The third-order valence-electron chi connectivity index (χ3n) is 3.75. The van der Waals surface area contributed by atoms with E-state index in [0.29, 0.717) is 0 Å². The Kier molecular flexibility index (Phi) is 19.8. The minimum atomic E-state index is 1.06. The molecule has 0 fully saturated rings. The Balaban J connectivity index is 3.08. The van der Waals surface area contributed by atoms with E-state index in [2.05, 4.69) is 49.0 Å². The van der Waals surface area contributed by atoms with Crippen LogP contribution in [0, 0.1) is 0 Å². The van der Waals surface area contributed by atoms with Gasteiger partial charge in [0, 0.05) is 13.1 Å². The summed E-state index contributed by atoms with van der Waals surface area (Å²) in [5, 5.41) is 0. The van der Waals surface area contributed by atoms with E-state index in [-0.39, 0.29) is 0 Å². The van der Waals surface area contributed by atoms with Gasteiger partial charge in [-0.25, -0.2) is 0 Å². The van der Waals surface area contributed by atoms with Crippen LogP contribution in [0.5, 0.6) is 0 Å². The van der Waals surface area contributed by atoms with Gasteiger partial charge in [0.2, 0.25) is 0 Å². The average molecular weight is 309 g/mol. The summed E-state index contributed by atoms with van der Waals surface area (Å²) in [4.78, 5) is 0. The van der Waals surface area contributed by atoms with Gasteiger partial charge in [0.1, 0.15) is 0 Å². The van der Waals surface area contributed by atoms with Gasteiger partial charge in [-0.3, -0.25) is 10.9 Å². The second-order valence-corrected chi connectivity index (χ2v) is 6.07. The molecule has 0 rings (SSSR count). The van der Waals surface area contributed by atoms with Gasteiger partial charge in [-0.15, -0.1) is 0 Å². The summed E-state index contributed by atoms with van der Waals surface area (Å²) in [5.41, 5.74) is 6.61. The Morgan fingerprint density at radius 1 is 0.500 bits per heavy atom. The Morgan fingerprint density at radius 2 is 0.864 bits per heavy atom. The molecule has 0 atom stereocenters. The Bertz CT molecular complexity index is 220. The van der Waals surface area contributed by atoms with Crippen LogP contribution in [0.15, 0.2) is 24.3 Å². The quantitative estimate of drug-likeness (QED) is 0.198. The lowest BCUT2D eigenvalue weighted by Gasteiger charge is -2.04. The molecule has 0 saturated carbocycles. The van der Waals surface area contributed by atoms with Gasteiger partial charge in [-0.2, -0.15) is 0 Å². The van der Waals surface area contributed by atoms with Gasteiger partial charge in [-0.1, -0.05) is 63.8 Å². The fourth-order valence-electron chi connectivity index (χ4n) is 2.29. The average Bonchev–Trinajstić information content (AvgIpc) is 2.54. The van der Waals surface area contributed by atoms with Crippen LogP contribution in [0.25, 0.3) is 0 Å². The van der Waals surface area contributed by atoms with Crippen molar-refractivity contribution in [2.75, 3.05) is 13.1 Å². The van der Waals surface area contributed by atoms with Crippen molar-refractivity contribution in [2.45, 2.75) is 90.9 Å². The Labute approximate surface area is 139 Å². The van der Waals surface area contributed by atoms with Crippen LogP contribution >= 0.6 is 0 Å². The standard InChI is InChI=1S/C20H40N2/c1-3-5-7-9-11-13-15-17-19-21-22-20-18-16-14-12-10-8-6-4-2/h11-14,21-22H,3-10,15-20H2,1-2H3/b13-11-,14-12-. The molecule has 0 spiro atoms. The van der Waals surface area contributed by atoms with E-state index in [9.17, 15) is 0 Å². The highest BCUT2D eigenvalue weighted by Gasteiger charge is 1.88. The first kappa shape index (κ1) is 21.4. The highest BCUT2D eigenvalue weighted by Crippen LogP contribution is 2.01. The number of hydrogen-bond donors (Lipinski definition) is 2. The molecular formula is C20H40N2. The summed E-state index contributed by atoms with van der Waals surface area (Å²) in [7, 11) is 0. The second-order valence-electron chi connectivity index (χ2n) is 6.07. The van der Waals surface area contributed by atoms with E-state index in [1.54, 1.807) is 0 Å². The Morgan fingerprint density at radius 3 is 1.23 bits per heavy atom. The van der Waals surface area contributed by atoms with Gasteiger partial charge < -0.3 is 0 Å². The van der Waals surface area contributed by atoms with Crippen molar-refractivity contribution in [3.05, 3.63) is 24.3 Å². The maximum absolute atomic E-state index is 3.31. The lowest BCUT2D eigenvalue weighted by molar-refractivity contribution is 0.513. The zero-order valence-electron chi connectivity index (χ0n) is 15.2. The summed E-state index contributed by atoms with van der Waals surface area (Å²) in [6.45, 7) is 6.64. The van der Waals surface area contributed by atoms with E-state index in [1.165, 1.54) is 77.0 Å². The maximum atomic E-state index is 3.31. The van der Waals surface area contributed by atoms with Gasteiger partial charge in [0.25, 0.3) is 0 Å². The summed E-state index contributed by atoms with van der Waals surface area (Å²) < 4.78 is 0. The first-order chi connectivity index (χ1) is 10.9. The molecular weight excluding hydrogens is 268 g/mol. The maximum Gasteiger partial charge on any atom is 0.0103 e. The van der Waals surface area contributed by atoms with Crippen LogP contribution in [-0.2, 0) is 0 Å². The monoisotopic (exact) mass is 308 g/mol. The molecule has 0 aromatic heterocycles. The molecule has 130 valence electrons. The van der Waals surface area contributed by atoms with Crippen LogP contribution in [0.4, 0.5) is 0 Å². The lowest BCUT2D eigenvalue weighted by atomic mass is 10.2. The predicted molar refractivity (Wildman–Crippen MR) is 101 cm³/mol. The SMILES string of the molecule is CCCCC/C=C\CCCNNCCC/C=C\CCCCC. The van der Waals surface area contributed by atoms with Crippen molar-refractivity contribution in [1.82, 2.24) is 10.9 Å². The lowest BCUT2D eigenvalue weighted by Crippen LogP contribution is -2.33. The van der Waals surface area contributed by atoms with Crippen LogP contribution < -0.4 is 10.9 Å². The van der Waals surface area contributed by atoms with E-state index >= 15 is 0 Å². The van der Waals surface area contributed by atoms with E-state index in [1.807, 2.05) is 0 Å². The first-order valence-corrected chi connectivity index (χ1v) is 9.67. The summed E-state index contributed by atoms with van der Waals surface area (Å²) in [6, 6.07) is 0. The molecule has 0 aliphatic heterocycles. The summed E-state index contributed by atoms with van der Waals surface area (Å²) in [5.74, 6) is 0. The molecule has 0 aliphatic carbocycles. The van der Waals surface area contributed by atoms with Gasteiger partial charge >= 0.3 is 0 Å². The third-order valence-corrected chi connectivity index (χ3v) is 3.75. The van der Waals surface area contributed by atoms with Crippen molar-refractivity contribution in [2.24, 2.45) is 0 Å². The molecule has 0 unspecified atom stereocenters. The fraction of sp³-hybridized carbons (Fsp3) is 0.800. The summed E-state index contributed by atoms with van der Waals surface area (Å²) >= 11 is 0. The van der Waals surface area contributed by atoms with Crippen molar-refractivity contribution >= 4 is 0 Å². The number of hydrazine groups is 1. The largest absolute Gasteiger partial charge is 0.258 e. The molecule has 0 aliphatic rings. The van der Waals surface area contributed by atoms with Crippen LogP contribution in [0.3, 0.4) is 0 Å². The molecule has 0 saturated heterocycles. The molecule has 2 heteroatoms. The van der Waals surface area contributed by atoms with E-state index < -0.39 is 0 Å². The zero-order chi connectivity index (χ0) is 16.1. The molecule has 0 amide bonds. The topological polar surface area (TPSA) is 24.1 Å². The molecule has 0 radical (unpaired) electrons. The number of allylic oxidation sites excluding steroid dienone is 4. The van der Waals surface area contributed by atoms with Gasteiger partial charge in [0.15, 0.2) is 0 Å². The predicted octanol–water partition coefficient (Wildman–Crippen LogP) is 5.91. The number of nitrogens with one attached hydrogen (secondary N) is 2. The van der Waals surface area contributed by atoms with Crippen LogP contribution in [0.2, 0.25) is 0 Å². The second kappa shape index (κ2) is 20.4. The molecule has 0 heterocycles. The zero-order valence-corrected chi connectivity index (χ0v) is 15.2. The van der Waals surface area contributed by atoms with Gasteiger partial charge in [0.05, 0.1) is 0 Å². The highest BCUT2D eigenvalue weighted by atomic mass is 15.3. The first-order valence-electron chi connectivity index (χ1n) is 9.67. The minimum absolute atomic E-state index is 1.06. The Hall–Kier alpha value is -0.600. The van der Waals surface area contributed by atoms with Gasteiger partial charge in [-0.05, 0) is 51.4 Å². The van der Waals surface area contributed by atoms with Crippen molar-refractivity contribution < 1.29 is 0 Å².